The fraction of sp³-hybridized carbons (Fsp3) is 0. The Bertz CT molecular complexity index is 3040. The van der Waals surface area contributed by atoms with Gasteiger partial charge in [-0.2, -0.15) is 0 Å². The van der Waals surface area contributed by atoms with Crippen LogP contribution in [0.1, 0.15) is 0 Å². The van der Waals surface area contributed by atoms with E-state index in [1.807, 2.05) is 18.2 Å². The van der Waals surface area contributed by atoms with Gasteiger partial charge < -0.3 is 0 Å². The predicted molar refractivity (Wildman–Crippen MR) is 276 cm³/mol. The van der Waals surface area contributed by atoms with Gasteiger partial charge in [-0.1, -0.05) is 237 Å². The molecule has 11 rings (SSSR count). The minimum atomic E-state index is 0.957. The standard InChI is InChI=1S/C64H44N2/c1-5-14-45(15-6-1)59-41-61(53-16-7-2-8-17-53)66-64(42-59)56-38-36-49(37-39-56)47-26-32-51(33-27-47)58-23-13-22-57(40-58)50-30-24-46(25-31-50)48-28-34-52(35-29-48)60-43-62(54-18-9-3-10-19-54)65-63(44-60)55-20-11-4-12-21-55/h1-44H. The van der Waals surface area contributed by atoms with Crippen molar-refractivity contribution in [1.82, 2.24) is 9.97 Å². The van der Waals surface area contributed by atoms with Crippen LogP contribution in [0.5, 0.6) is 0 Å². The molecular formula is C64H44N2. The largest absolute Gasteiger partial charge is 0.248 e. The van der Waals surface area contributed by atoms with Gasteiger partial charge in [-0.25, -0.2) is 9.97 Å². The van der Waals surface area contributed by atoms with Crippen LogP contribution in [0.3, 0.4) is 0 Å². The lowest BCUT2D eigenvalue weighted by Gasteiger charge is -2.12. The normalized spacial score (nSPS) is 11.0. The van der Waals surface area contributed by atoms with E-state index in [-0.39, 0.29) is 0 Å². The molecule has 11 aromatic rings. The summed E-state index contributed by atoms with van der Waals surface area (Å²) in [6.07, 6.45) is 0. The molecule has 0 radical (unpaired) electrons. The van der Waals surface area contributed by atoms with Gasteiger partial charge >= 0.3 is 0 Å². The fourth-order valence-electron chi connectivity index (χ4n) is 8.72. The second kappa shape index (κ2) is 18.2. The Morgan fingerprint density at radius 3 is 0.636 bits per heavy atom. The van der Waals surface area contributed by atoms with Crippen molar-refractivity contribution in [2.24, 2.45) is 0 Å². The predicted octanol–water partition coefficient (Wildman–Crippen LogP) is 17.1. The van der Waals surface area contributed by atoms with Gasteiger partial charge in [0.15, 0.2) is 0 Å². The molecule has 0 saturated carbocycles. The molecule has 0 fully saturated rings. The number of nitrogens with zero attached hydrogens (tertiary/aromatic N) is 2. The van der Waals surface area contributed by atoms with Crippen molar-refractivity contribution in [1.29, 1.82) is 0 Å². The lowest BCUT2D eigenvalue weighted by Crippen LogP contribution is -1.91. The summed E-state index contributed by atoms with van der Waals surface area (Å²) in [4.78, 5) is 10.2. The molecule has 0 aliphatic rings. The first kappa shape index (κ1) is 40.1. The Kier molecular flexibility index (Phi) is 11.0. The summed E-state index contributed by atoms with van der Waals surface area (Å²) in [7, 11) is 0. The van der Waals surface area contributed by atoms with E-state index in [0.29, 0.717) is 0 Å². The van der Waals surface area contributed by atoms with Crippen molar-refractivity contribution in [2.45, 2.75) is 0 Å². The Morgan fingerprint density at radius 1 is 0.136 bits per heavy atom. The minimum absolute atomic E-state index is 0.957. The molecule has 0 aliphatic heterocycles. The Hall–Kier alpha value is -8.72. The average molecular weight is 841 g/mol. The van der Waals surface area contributed by atoms with E-state index in [1.54, 1.807) is 0 Å². The summed E-state index contributed by atoms with van der Waals surface area (Å²) in [5.74, 6) is 0. The van der Waals surface area contributed by atoms with Gasteiger partial charge in [0.2, 0.25) is 0 Å². The van der Waals surface area contributed by atoms with E-state index in [9.17, 15) is 0 Å². The maximum Gasteiger partial charge on any atom is 0.0715 e. The topological polar surface area (TPSA) is 25.8 Å². The highest BCUT2D eigenvalue weighted by atomic mass is 14.7. The third kappa shape index (κ3) is 8.64. The van der Waals surface area contributed by atoms with Gasteiger partial charge in [-0.05, 0) is 97.1 Å². The number of aromatic nitrogens is 2. The molecule has 0 aliphatic carbocycles. The highest BCUT2D eigenvalue weighted by Gasteiger charge is 2.12. The number of pyridine rings is 2. The molecule has 0 bridgehead atoms. The SMILES string of the molecule is c1ccc(-c2cc(-c3ccccc3)nc(-c3ccc(-c4ccc(-c5cccc(-c6ccc(-c7ccc(-c8cc(-c9ccccc9)nc(-c9ccccc9)c8)cc7)cc6)c5)cc4)cc3)c2)cc1. The monoisotopic (exact) mass is 840 g/mol. The molecule has 0 N–H and O–H groups in total. The second-order valence-electron chi connectivity index (χ2n) is 16.6. The quantitative estimate of drug-likeness (QED) is 0.137. The summed E-state index contributed by atoms with van der Waals surface area (Å²) in [5, 5.41) is 0. The first-order valence-electron chi connectivity index (χ1n) is 22.5. The highest BCUT2D eigenvalue weighted by Crippen LogP contribution is 2.35. The molecule has 9 aromatic carbocycles. The molecule has 2 heterocycles. The average Bonchev–Trinajstić information content (AvgIpc) is 3.42. The van der Waals surface area contributed by atoms with Gasteiger partial charge in [-0.3, -0.25) is 0 Å². The highest BCUT2D eigenvalue weighted by molar-refractivity contribution is 5.81. The molecule has 2 heteroatoms. The van der Waals surface area contributed by atoms with Crippen LogP contribution in [0.15, 0.2) is 267 Å². The number of rotatable bonds is 10. The van der Waals surface area contributed by atoms with Gasteiger partial charge in [-0.15, -0.1) is 0 Å². The lowest BCUT2D eigenvalue weighted by atomic mass is 9.95. The molecule has 310 valence electrons. The van der Waals surface area contributed by atoms with E-state index >= 15 is 0 Å². The third-order valence-corrected chi connectivity index (χ3v) is 12.3. The Morgan fingerprint density at radius 2 is 0.333 bits per heavy atom. The van der Waals surface area contributed by atoms with Crippen molar-refractivity contribution in [3.05, 3.63) is 267 Å². The first-order valence-corrected chi connectivity index (χ1v) is 22.5. The number of benzene rings is 9. The maximum absolute atomic E-state index is 5.12. The van der Waals surface area contributed by atoms with Gasteiger partial charge in [0.05, 0.1) is 22.8 Å². The molecule has 0 amide bonds. The molecule has 0 saturated heterocycles. The van der Waals surface area contributed by atoms with E-state index in [4.69, 9.17) is 9.97 Å². The van der Waals surface area contributed by atoms with Crippen molar-refractivity contribution < 1.29 is 0 Å². The summed E-state index contributed by atoms with van der Waals surface area (Å²) in [6.45, 7) is 0. The van der Waals surface area contributed by atoms with Crippen LogP contribution >= 0.6 is 0 Å². The zero-order valence-electron chi connectivity index (χ0n) is 36.3. The Labute approximate surface area is 386 Å². The molecule has 66 heavy (non-hydrogen) atoms. The smallest absolute Gasteiger partial charge is 0.0715 e. The summed E-state index contributed by atoms with van der Waals surface area (Å²) in [5.41, 5.74) is 22.3. The first-order chi connectivity index (χ1) is 32.7. The van der Waals surface area contributed by atoms with Crippen LogP contribution in [-0.4, -0.2) is 9.97 Å². The maximum atomic E-state index is 5.12. The molecule has 0 spiro atoms. The fourth-order valence-corrected chi connectivity index (χ4v) is 8.72. The number of hydrogen-bond acceptors (Lipinski definition) is 2. The van der Waals surface area contributed by atoms with Crippen molar-refractivity contribution >= 4 is 0 Å². The third-order valence-electron chi connectivity index (χ3n) is 12.3. The zero-order valence-corrected chi connectivity index (χ0v) is 36.3. The van der Waals surface area contributed by atoms with Gasteiger partial charge in [0.25, 0.3) is 0 Å². The van der Waals surface area contributed by atoms with Crippen LogP contribution in [0.2, 0.25) is 0 Å². The molecule has 0 atom stereocenters. The lowest BCUT2D eigenvalue weighted by molar-refractivity contribution is 1.32. The van der Waals surface area contributed by atoms with Crippen LogP contribution in [0, 0.1) is 0 Å². The van der Waals surface area contributed by atoms with Gasteiger partial charge in [0.1, 0.15) is 0 Å². The minimum Gasteiger partial charge on any atom is -0.248 e. The number of hydrogen-bond donors (Lipinski definition) is 0. The van der Waals surface area contributed by atoms with Crippen LogP contribution < -0.4 is 0 Å². The van der Waals surface area contributed by atoms with E-state index in [2.05, 4.69) is 249 Å². The molecule has 2 nitrogen and oxygen atoms in total. The van der Waals surface area contributed by atoms with Crippen molar-refractivity contribution in [3.63, 3.8) is 0 Å². The van der Waals surface area contributed by atoms with Crippen LogP contribution in [0.4, 0.5) is 0 Å². The van der Waals surface area contributed by atoms with E-state index in [1.165, 1.54) is 50.1 Å². The van der Waals surface area contributed by atoms with Crippen LogP contribution in [0.25, 0.3) is 112 Å². The second-order valence-corrected chi connectivity index (χ2v) is 16.6. The summed E-state index contributed by atoms with van der Waals surface area (Å²) in [6, 6.07) is 94.8. The molecular weight excluding hydrogens is 797 g/mol. The summed E-state index contributed by atoms with van der Waals surface area (Å²) >= 11 is 0. The Balaban J connectivity index is 0.797. The van der Waals surface area contributed by atoms with Crippen molar-refractivity contribution in [2.75, 3.05) is 0 Å². The molecule has 2 aromatic heterocycles. The van der Waals surface area contributed by atoms with E-state index in [0.717, 1.165) is 61.7 Å². The van der Waals surface area contributed by atoms with E-state index < -0.39 is 0 Å². The van der Waals surface area contributed by atoms with Crippen molar-refractivity contribution in [3.8, 4) is 112 Å². The molecule has 0 unspecified atom stereocenters. The van der Waals surface area contributed by atoms with Crippen LogP contribution in [-0.2, 0) is 0 Å². The summed E-state index contributed by atoms with van der Waals surface area (Å²) < 4.78 is 0. The zero-order chi connectivity index (χ0) is 44.1. The van der Waals surface area contributed by atoms with Gasteiger partial charge in [0, 0.05) is 22.3 Å².